The Bertz CT molecular complexity index is 640. The van der Waals surface area contributed by atoms with E-state index < -0.39 is 0 Å². The molecule has 1 atom stereocenters. The van der Waals surface area contributed by atoms with E-state index in [1.165, 1.54) is 5.69 Å². The minimum atomic E-state index is -0.251. The van der Waals surface area contributed by atoms with Crippen LogP contribution in [0, 0.1) is 11.3 Å². The smallest absolute Gasteiger partial charge is 0.123 e. The van der Waals surface area contributed by atoms with Crippen LogP contribution in [0.2, 0.25) is 0 Å². The van der Waals surface area contributed by atoms with E-state index in [0.29, 0.717) is 0 Å². The molecular formula is C18H19N3O. The van der Waals surface area contributed by atoms with Gasteiger partial charge in [0.1, 0.15) is 11.8 Å². The van der Waals surface area contributed by atoms with Gasteiger partial charge in [-0.05, 0) is 29.8 Å². The number of hydrogen-bond donors (Lipinski definition) is 1. The van der Waals surface area contributed by atoms with E-state index in [2.05, 4.69) is 40.1 Å². The molecule has 1 fully saturated rings. The van der Waals surface area contributed by atoms with Gasteiger partial charge in [0.05, 0.1) is 6.07 Å². The summed E-state index contributed by atoms with van der Waals surface area (Å²) in [6.07, 6.45) is 0. The maximum Gasteiger partial charge on any atom is 0.123 e. The van der Waals surface area contributed by atoms with Crippen LogP contribution in [-0.2, 0) is 0 Å². The molecule has 2 aromatic rings. The average molecular weight is 293 g/mol. The predicted molar refractivity (Wildman–Crippen MR) is 86.7 cm³/mol. The summed E-state index contributed by atoms with van der Waals surface area (Å²) in [7, 11) is 0. The monoisotopic (exact) mass is 293 g/mol. The first-order chi connectivity index (χ1) is 10.8. The average Bonchev–Trinajstić information content (AvgIpc) is 2.59. The number of nitrogens with zero attached hydrogens (tertiary/aromatic N) is 3. The molecule has 0 aromatic heterocycles. The Kier molecular flexibility index (Phi) is 4.27. The molecule has 0 amide bonds. The summed E-state index contributed by atoms with van der Waals surface area (Å²) in [5.41, 5.74) is 2.17. The number of hydrogen-bond acceptors (Lipinski definition) is 4. The number of nitriles is 1. The second kappa shape index (κ2) is 6.50. The molecule has 0 radical (unpaired) electrons. The molecule has 1 N–H and O–H groups in total. The summed E-state index contributed by atoms with van der Waals surface area (Å²) in [4.78, 5) is 4.55. The minimum absolute atomic E-state index is 0.231. The Morgan fingerprint density at radius 1 is 0.909 bits per heavy atom. The number of phenolic OH excluding ortho intramolecular Hbond substituents is 1. The van der Waals surface area contributed by atoms with Crippen molar-refractivity contribution in [1.29, 1.82) is 5.26 Å². The highest BCUT2D eigenvalue weighted by Crippen LogP contribution is 2.25. The minimum Gasteiger partial charge on any atom is -0.508 e. The molecule has 0 bridgehead atoms. The molecule has 2 aromatic carbocycles. The van der Waals surface area contributed by atoms with Crippen LogP contribution >= 0.6 is 0 Å². The molecule has 1 saturated heterocycles. The van der Waals surface area contributed by atoms with Crippen LogP contribution < -0.4 is 4.90 Å². The summed E-state index contributed by atoms with van der Waals surface area (Å²) in [6.45, 7) is 3.54. The van der Waals surface area contributed by atoms with Gasteiger partial charge in [-0.15, -0.1) is 0 Å². The molecule has 1 aliphatic rings. The molecule has 4 nitrogen and oxygen atoms in total. The van der Waals surface area contributed by atoms with Crippen LogP contribution in [0.3, 0.4) is 0 Å². The number of benzene rings is 2. The van der Waals surface area contributed by atoms with Crippen LogP contribution in [-0.4, -0.2) is 36.2 Å². The third kappa shape index (κ3) is 3.05. The van der Waals surface area contributed by atoms with E-state index in [0.717, 1.165) is 31.7 Å². The molecule has 22 heavy (non-hydrogen) atoms. The van der Waals surface area contributed by atoms with Crippen molar-refractivity contribution in [2.75, 3.05) is 31.1 Å². The molecule has 0 spiro atoms. The zero-order valence-electron chi connectivity index (χ0n) is 12.4. The van der Waals surface area contributed by atoms with E-state index >= 15 is 0 Å². The van der Waals surface area contributed by atoms with Crippen molar-refractivity contribution in [3.05, 3.63) is 60.2 Å². The van der Waals surface area contributed by atoms with Crippen molar-refractivity contribution in [3.8, 4) is 11.8 Å². The van der Waals surface area contributed by atoms with Crippen LogP contribution in [0.25, 0.3) is 0 Å². The fourth-order valence-corrected chi connectivity index (χ4v) is 2.90. The quantitative estimate of drug-likeness (QED) is 0.945. The van der Waals surface area contributed by atoms with Gasteiger partial charge in [0, 0.05) is 31.9 Å². The number of piperazine rings is 1. The molecule has 1 heterocycles. The van der Waals surface area contributed by atoms with Crippen molar-refractivity contribution in [1.82, 2.24) is 4.90 Å². The molecule has 0 saturated carbocycles. The van der Waals surface area contributed by atoms with Gasteiger partial charge in [0.2, 0.25) is 0 Å². The molecule has 1 aliphatic heterocycles. The molecule has 3 rings (SSSR count). The predicted octanol–water partition coefficient (Wildman–Crippen LogP) is 2.78. The second-order valence-electron chi connectivity index (χ2n) is 5.48. The highest BCUT2D eigenvalue weighted by atomic mass is 16.3. The molecule has 1 unspecified atom stereocenters. The Morgan fingerprint density at radius 3 is 2.14 bits per heavy atom. The fraction of sp³-hybridized carbons (Fsp3) is 0.278. The summed E-state index contributed by atoms with van der Waals surface area (Å²) in [5, 5.41) is 18.9. The first-order valence-electron chi connectivity index (χ1n) is 7.50. The summed E-state index contributed by atoms with van der Waals surface area (Å²) in [5.74, 6) is 0.231. The number of aromatic hydroxyl groups is 1. The van der Waals surface area contributed by atoms with Gasteiger partial charge in [-0.25, -0.2) is 0 Å². The van der Waals surface area contributed by atoms with E-state index in [1.807, 2.05) is 18.2 Å². The van der Waals surface area contributed by atoms with Gasteiger partial charge in [-0.2, -0.15) is 5.26 Å². The molecule has 112 valence electrons. The summed E-state index contributed by atoms with van der Waals surface area (Å²) >= 11 is 0. The highest BCUT2D eigenvalue weighted by Gasteiger charge is 2.24. The Labute approximate surface area is 130 Å². The number of rotatable bonds is 3. The van der Waals surface area contributed by atoms with Crippen molar-refractivity contribution in [2.45, 2.75) is 6.04 Å². The van der Waals surface area contributed by atoms with E-state index in [1.54, 1.807) is 12.1 Å². The standard InChI is InChI=1S/C18H19N3O/c19-14-18(15-6-8-17(22)9-7-15)21-12-10-20(11-13-21)16-4-2-1-3-5-16/h1-9,18,22H,10-13H2. The molecular weight excluding hydrogens is 274 g/mol. The number of phenols is 1. The van der Waals surface area contributed by atoms with Crippen LogP contribution in [0.1, 0.15) is 11.6 Å². The Balaban J connectivity index is 1.67. The van der Waals surface area contributed by atoms with Gasteiger partial charge in [-0.1, -0.05) is 30.3 Å². The number of para-hydroxylation sites is 1. The third-order valence-corrected chi connectivity index (χ3v) is 4.13. The zero-order chi connectivity index (χ0) is 15.4. The summed E-state index contributed by atoms with van der Waals surface area (Å²) < 4.78 is 0. The second-order valence-corrected chi connectivity index (χ2v) is 5.48. The maximum atomic E-state index is 9.52. The molecule has 0 aliphatic carbocycles. The van der Waals surface area contributed by atoms with Gasteiger partial charge in [0.25, 0.3) is 0 Å². The van der Waals surface area contributed by atoms with Crippen molar-refractivity contribution in [3.63, 3.8) is 0 Å². The normalized spacial score (nSPS) is 17.0. The van der Waals surface area contributed by atoms with Crippen LogP contribution in [0.4, 0.5) is 5.69 Å². The lowest BCUT2D eigenvalue weighted by molar-refractivity contribution is 0.222. The summed E-state index contributed by atoms with van der Waals surface area (Å²) in [6, 6.07) is 19.4. The van der Waals surface area contributed by atoms with E-state index in [4.69, 9.17) is 0 Å². The maximum absolute atomic E-state index is 9.52. The zero-order valence-corrected chi connectivity index (χ0v) is 12.4. The Hall–Kier alpha value is -2.51. The van der Waals surface area contributed by atoms with Crippen molar-refractivity contribution < 1.29 is 5.11 Å². The van der Waals surface area contributed by atoms with Crippen LogP contribution in [0.5, 0.6) is 5.75 Å². The van der Waals surface area contributed by atoms with Crippen LogP contribution in [0.15, 0.2) is 54.6 Å². The Morgan fingerprint density at radius 2 is 1.55 bits per heavy atom. The van der Waals surface area contributed by atoms with E-state index in [-0.39, 0.29) is 11.8 Å². The lowest BCUT2D eigenvalue weighted by Crippen LogP contribution is -2.47. The SMILES string of the molecule is N#CC(c1ccc(O)cc1)N1CCN(c2ccccc2)CC1. The van der Waals surface area contributed by atoms with Crippen molar-refractivity contribution >= 4 is 5.69 Å². The largest absolute Gasteiger partial charge is 0.508 e. The van der Waals surface area contributed by atoms with Gasteiger partial charge < -0.3 is 10.0 Å². The highest BCUT2D eigenvalue weighted by molar-refractivity contribution is 5.46. The van der Waals surface area contributed by atoms with Gasteiger partial charge in [-0.3, -0.25) is 4.90 Å². The first kappa shape index (κ1) is 14.4. The van der Waals surface area contributed by atoms with Gasteiger partial charge >= 0.3 is 0 Å². The molecule has 4 heteroatoms. The number of anilines is 1. The van der Waals surface area contributed by atoms with E-state index in [9.17, 15) is 10.4 Å². The lowest BCUT2D eigenvalue weighted by Gasteiger charge is -2.38. The van der Waals surface area contributed by atoms with Crippen molar-refractivity contribution in [2.24, 2.45) is 0 Å². The first-order valence-corrected chi connectivity index (χ1v) is 7.50. The van der Waals surface area contributed by atoms with Gasteiger partial charge in [0.15, 0.2) is 0 Å². The lowest BCUT2D eigenvalue weighted by atomic mass is 10.1. The third-order valence-electron chi connectivity index (χ3n) is 4.13. The topological polar surface area (TPSA) is 50.5 Å². The fourth-order valence-electron chi connectivity index (χ4n) is 2.90.